The van der Waals surface area contributed by atoms with E-state index in [1.54, 1.807) is 6.07 Å². The predicted molar refractivity (Wildman–Crippen MR) is 144 cm³/mol. The summed E-state index contributed by atoms with van der Waals surface area (Å²) in [5.41, 5.74) is 5.76. The third-order valence-electron chi connectivity index (χ3n) is 7.63. The van der Waals surface area contributed by atoms with Crippen molar-refractivity contribution in [1.29, 1.82) is 0 Å². The minimum absolute atomic E-state index is 0.165. The van der Waals surface area contributed by atoms with E-state index in [9.17, 15) is 9.59 Å². The van der Waals surface area contributed by atoms with Crippen molar-refractivity contribution in [2.24, 2.45) is 5.92 Å². The molecule has 2 aliphatic rings. The second kappa shape index (κ2) is 11.1. The van der Waals surface area contributed by atoms with E-state index in [1.807, 2.05) is 6.07 Å². The van der Waals surface area contributed by atoms with Gasteiger partial charge in [-0.2, -0.15) is 0 Å². The largest absolute Gasteiger partial charge is 0.374 e. The van der Waals surface area contributed by atoms with Crippen molar-refractivity contribution in [3.05, 3.63) is 99.0 Å². The topological polar surface area (TPSA) is 68.4 Å². The second-order valence-corrected chi connectivity index (χ2v) is 10.3. The zero-order chi connectivity index (χ0) is 24.9. The molecule has 2 aliphatic heterocycles. The molecule has 0 radical (unpaired) electrons. The number of H-pyrrole nitrogens is 1. The Labute approximate surface area is 213 Å². The van der Waals surface area contributed by atoms with Crippen LogP contribution in [0.5, 0.6) is 0 Å². The van der Waals surface area contributed by atoms with Crippen molar-refractivity contribution in [2.45, 2.75) is 45.2 Å². The number of amides is 1. The van der Waals surface area contributed by atoms with Gasteiger partial charge in [-0.05, 0) is 86.0 Å². The van der Waals surface area contributed by atoms with Gasteiger partial charge >= 0.3 is 0 Å². The van der Waals surface area contributed by atoms with E-state index in [4.69, 9.17) is 0 Å². The third kappa shape index (κ3) is 5.88. The van der Waals surface area contributed by atoms with Crippen LogP contribution in [0.1, 0.15) is 52.0 Å². The van der Waals surface area contributed by atoms with Crippen LogP contribution in [-0.2, 0) is 25.9 Å². The highest BCUT2D eigenvalue weighted by atomic mass is 16.2. The lowest BCUT2D eigenvalue weighted by atomic mass is 9.90. The van der Waals surface area contributed by atoms with Gasteiger partial charge in [-0.3, -0.25) is 14.5 Å². The summed E-state index contributed by atoms with van der Waals surface area (Å²) in [6, 6.07) is 20.6. The number of hydrogen-bond acceptors (Lipinski definition) is 4. The smallest absolute Gasteiger partial charge is 0.261 e. The van der Waals surface area contributed by atoms with E-state index in [2.05, 4.69) is 75.7 Å². The number of nitrogens with one attached hydrogen (secondary N) is 2. The summed E-state index contributed by atoms with van der Waals surface area (Å²) >= 11 is 0. The monoisotopic (exact) mass is 484 g/mol. The van der Waals surface area contributed by atoms with Crippen LogP contribution in [0, 0.1) is 5.92 Å². The summed E-state index contributed by atoms with van der Waals surface area (Å²) in [7, 11) is 2.11. The molecule has 0 saturated carbocycles. The Bertz CT molecular complexity index is 1250. The zero-order valence-corrected chi connectivity index (χ0v) is 21.1. The molecule has 0 atom stereocenters. The molecule has 2 N–H and O–H groups in total. The van der Waals surface area contributed by atoms with Gasteiger partial charge in [0, 0.05) is 38.1 Å². The molecule has 2 aromatic carbocycles. The molecule has 3 heterocycles. The number of anilines is 1. The molecule has 5 rings (SSSR count). The Morgan fingerprint density at radius 1 is 1.00 bits per heavy atom. The number of carbonyl (C=O) groups excluding carboxylic acids is 1. The number of likely N-dealkylation sites (tertiary alicyclic amines) is 1. The summed E-state index contributed by atoms with van der Waals surface area (Å²) in [5.74, 6) is 0.379. The Balaban J connectivity index is 1.12. The Hall–Kier alpha value is -3.38. The fourth-order valence-corrected chi connectivity index (χ4v) is 5.55. The first-order valence-electron chi connectivity index (χ1n) is 13.1. The first-order chi connectivity index (χ1) is 17.5. The number of rotatable bonds is 7. The average molecular weight is 485 g/mol. The number of benzene rings is 2. The molecule has 36 heavy (non-hydrogen) atoms. The van der Waals surface area contributed by atoms with Crippen molar-refractivity contribution in [2.75, 3.05) is 31.6 Å². The molecule has 188 valence electrons. The molecule has 1 saturated heterocycles. The maximum absolute atomic E-state index is 12.7. The van der Waals surface area contributed by atoms with Gasteiger partial charge < -0.3 is 15.2 Å². The van der Waals surface area contributed by atoms with E-state index in [1.165, 1.54) is 29.7 Å². The lowest BCUT2D eigenvalue weighted by Gasteiger charge is -2.32. The van der Waals surface area contributed by atoms with E-state index in [0.29, 0.717) is 19.0 Å². The minimum Gasteiger partial charge on any atom is -0.374 e. The third-order valence-corrected chi connectivity index (χ3v) is 7.63. The fraction of sp³-hybridized carbons (Fsp3) is 0.400. The number of carbonyl (C=O) groups is 1. The molecule has 0 spiro atoms. The normalized spacial score (nSPS) is 16.5. The van der Waals surface area contributed by atoms with E-state index in [-0.39, 0.29) is 17.0 Å². The summed E-state index contributed by atoms with van der Waals surface area (Å²) in [6.07, 6.45) is 5.68. The highest BCUT2D eigenvalue weighted by Gasteiger charge is 2.20. The number of piperidine rings is 1. The van der Waals surface area contributed by atoms with Gasteiger partial charge in [-0.15, -0.1) is 0 Å². The molecule has 0 bridgehead atoms. The first kappa shape index (κ1) is 24.3. The number of aryl methyl sites for hydroxylation is 1. The zero-order valence-electron chi connectivity index (χ0n) is 21.1. The van der Waals surface area contributed by atoms with Crippen LogP contribution in [0.15, 0.2) is 65.5 Å². The van der Waals surface area contributed by atoms with Crippen molar-refractivity contribution in [1.82, 2.24) is 15.2 Å². The number of aromatic amines is 1. The van der Waals surface area contributed by atoms with Gasteiger partial charge in [0.15, 0.2) is 0 Å². The SMILES string of the molecule is CN1CCCc2cc(CNC(=O)c3ccc(CN4CCC(Cc5ccccc5)CC4)[nH]c3=O)ccc21. The number of hydrogen-bond donors (Lipinski definition) is 2. The van der Waals surface area contributed by atoms with Gasteiger partial charge in [0.2, 0.25) is 0 Å². The number of nitrogens with zero attached hydrogens (tertiary/aromatic N) is 2. The Morgan fingerprint density at radius 3 is 2.58 bits per heavy atom. The molecule has 6 heteroatoms. The van der Waals surface area contributed by atoms with Crippen LogP contribution in [0.25, 0.3) is 0 Å². The van der Waals surface area contributed by atoms with Crippen LogP contribution in [0.2, 0.25) is 0 Å². The predicted octanol–water partition coefficient (Wildman–Crippen LogP) is 4.14. The molecule has 0 aliphatic carbocycles. The second-order valence-electron chi connectivity index (χ2n) is 10.3. The average Bonchev–Trinajstić information content (AvgIpc) is 2.89. The van der Waals surface area contributed by atoms with Crippen molar-refractivity contribution in [3.8, 4) is 0 Å². The summed E-state index contributed by atoms with van der Waals surface area (Å²) in [5, 5.41) is 2.92. The van der Waals surface area contributed by atoms with E-state index < -0.39 is 0 Å². The summed E-state index contributed by atoms with van der Waals surface area (Å²) in [6.45, 7) is 4.25. The minimum atomic E-state index is -0.334. The number of aromatic nitrogens is 1. The van der Waals surface area contributed by atoms with Gasteiger partial charge in [-0.25, -0.2) is 0 Å². The van der Waals surface area contributed by atoms with Gasteiger partial charge in [0.05, 0.1) is 0 Å². The maximum Gasteiger partial charge on any atom is 0.261 e. The molecular weight excluding hydrogens is 448 g/mol. The van der Waals surface area contributed by atoms with Crippen LogP contribution in [-0.4, -0.2) is 42.5 Å². The highest BCUT2D eigenvalue weighted by molar-refractivity contribution is 5.93. The van der Waals surface area contributed by atoms with Crippen LogP contribution < -0.4 is 15.8 Å². The molecular formula is C30H36N4O2. The molecule has 0 unspecified atom stereocenters. The van der Waals surface area contributed by atoms with Crippen LogP contribution in [0.3, 0.4) is 0 Å². The van der Waals surface area contributed by atoms with Crippen LogP contribution >= 0.6 is 0 Å². The lowest BCUT2D eigenvalue weighted by molar-refractivity contribution is 0.0949. The van der Waals surface area contributed by atoms with Crippen LogP contribution in [0.4, 0.5) is 5.69 Å². The maximum atomic E-state index is 12.7. The van der Waals surface area contributed by atoms with Gasteiger partial charge in [0.1, 0.15) is 5.56 Å². The summed E-state index contributed by atoms with van der Waals surface area (Å²) in [4.78, 5) is 33.0. The van der Waals surface area contributed by atoms with E-state index in [0.717, 1.165) is 50.2 Å². The standard InChI is InChI=1S/C30H36N4O2/c1-33-15-5-8-25-19-24(9-12-28(25)33)20-31-29(35)27-11-10-26(32-30(27)36)21-34-16-13-23(14-17-34)18-22-6-3-2-4-7-22/h2-4,6-7,9-12,19,23H,5,8,13-18,20-21H2,1H3,(H,31,35)(H,32,36). The highest BCUT2D eigenvalue weighted by Crippen LogP contribution is 2.27. The van der Waals surface area contributed by atoms with Gasteiger partial charge in [-0.1, -0.05) is 42.5 Å². The molecule has 1 fully saturated rings. The van der Waals surface area contributed by atoms with Crippen molar-refractivity contribution in [3.63, 3.8) is 0 Å². The Morgan fingerprint density at radius 2 is 1.81 bits per heavy atom. The molecule has 1 aromatic heterocycles. The van der Waals surface area contributed by atoms with Gasteiger partial charge in [0.25, 0.3) is 11.5 Å². The molecule has 3 aromatic rings. The number of fused-ring (bicyclic) bond motifs is 1. The van der Waals surface area contributed by atoms with Crippen molar-refractivity contribution >= 4 is 11.6 Å². The van der Waals surface area contributed by atoms with E-state index >= 15 is 0 Å². The summed E-state index contributed by atoms with van der Waals surface area (Å²) < 4.78 is 0. The lowest BCUT2D eigenvalue weighted by Crippen LogP contribution is -2.35. The van der Waals surface area contributed by atoms with Crippen molar-refractivity contribution < 1.29 is 4.79 Å². The molecule has 1 amide bonds. The fourth-order valence-electron chi connectivity index (χ4n) is 5.55. The quantitative estimate of drug-likeness (QED) is 0.529. The number of pyridine rings is 1. The first-order valence-corrected chi connectivity index (χ1v) is 13.1. The molecule has 6 nitrogen and oxygen atoms in total. The Kier molecular flexibility index (Phi) is 7.52.